The predicted molar refractivity (Wildman–Crippen MR) is 126 cm³/mol. The number of nitrogens with one attached hydrogen (secondary N) is 1. The van der Waals surface area contributed by atoms with Crippen molar-refractivity contribution in [2.24, 2.45) is 0 Å². The highest BCUT2D eigenvalue weighted by Crippen LogP contribution is 2.31. The lowest BCUT2D eigenvalue weighted by atomic mass is 10.2. The normalized spacial score (nSPS) is 15.1. The van der Waals surface area contributed by atoms with Gasteiger partial charge < -0.3 is 10.2 Å². The van der Waals surface area contributed by atoms with Crippen LogP contribution in [0.3, 0.4) is 0 Å². The molecule has 8 nitrogen and oxygen atoms in total. The zero-order chi connectivity index (χ0) is 22.9. The quantitative estimate of drug-likeness (QED) is 0.574. The number of rotatable bonds is 5. The van der Waals surface area contributed by atoms with E-state index >= 15 is 0 Å². The van der Waals surface area contributed by atoms with Crippen molar-refractivity contribution in [2.45, 2.75) is 18.7 Å². The lowest BCUT2D eigenvalue weighted by Gasteiger charge is -2.34. The van der Waals surface area contributed by atoms with Gasteiger partial charge in [-0.15, -0.1) is 10.2 Å². The Kier molecular flexibility index (Phi) is 6.52. The third kappa shape index (κ3) is 4.80. The van der Waals surface area contributed by atoms with Gasteiger partial charge in [-0.25, -0.2) is 13.4 Å². The van der Waals surface area contributed by atoms with E-state index in [4.69, 9.17) is 23.2 Å². The van der Waals surface area contributed by atoms with Gasteiger partial charge in [0.05, 0.1) is 5.02 Å². The van der Waals surface area contributed by atoms with Gasteiger partial charge in [-0.3, -0.25) is 0 Å². The monoisotopic (exact) mass is 492 g/mol. The summed E-state index contributed by atoms with van der Waals surface area (Å²) in [6.45, 7) is 5.34. The van der Waals surface area contributed by atoms with Gasteiger partial charge in [0.25, 0.3) is 0 Å². The molecule has 3 heterocycles. The molecule has 0 unspecified atom stereocenters. The molecule has 0 amide bonds. The fourth-order valence-electron chi connectivity index (χ4n) is 3.36. The van der Waals surface area contributed by atoms with E-state index in [0.717, 1.165) is 5.56 Å². The van der Waals surface area contributed by atoms with Crippen molar-refractivity contribution >= 4 is 50.7 Å². The maximum Gasteiger partial charge on any atom is 0.244 e. The van der Waals surface area contributed by atoms with Crippen LogP contribution in [0.1, 0.15) is 11.1 Å². The summed E-state index contributed by atoms with van der Waals surface area (Å²) in [6, 6.07) is 10.5. The summed E-state index contributed by atoms with van der Waals surface area (Å²) in [5, 5.41) is 12.2. The van der Waals surface area contributed by atoms with Crippen LogP contribution >= 0.6 is 23.2 Å². The van der Waals surface area contributed by atoms with Gasteiger partial charge in [0, 0.05) is 37.4 Å². The van der Waals surface area contributed by atoms with Gasteiger partial charge in [-0.2, -0.15) is 4.31 Å². The third-order valence-corrected chi connectivity index (χ3v) is 7.98. The number of sulfonamides is 1. The number of hydrogen-bond donors (Lipinski definition) is 1. The molecule has 1 saturated heterocycles. The molecule has 0 spiro atoms. The zero-order valence-corrected chi connectivity index (χ0v) is 19.9. The summed E-state index contributed by atoms with van der Waals surface area (Å²) >= 11 is 12.2. The minimum absolute atomic E-state index is 0.0782. The van der Waals surface area contributed by atoms with Crippen molar-refractivity contribution in [3.05, 3.63) is 63.8 Å². The summed E-state index contributed by atoms with van der Waals surface area (Å²) in [7, 11) is -3.72. The van der Waals surface area contributed by atoms with Gasteiger partial charge in [-0.1, -0.05) is 29.3 Å². The number of anilines is 3. The van der Waals surface area contributed by atoms with Crippen LogP contribution in [0.2, 0.25) is 10.0 Å². The van der Waals surface area contributed by atoms with Gasteiger partial charge in [0.2, 0.25) is 10.0 Å². The highest BCUT2D eigenvalue weighted by Gasteiger charge is 2.31. The van der Waals surface area contributed by atoms with E-state index in [0.29, 0.717) is 54.2 Å². The van der Waals surface area contributed by atoms with E-state index in [2.05, 4.69) is 20.5 Å². The minimum atomic E-state index is -3.72. The molecule has 0 aliphatic carbocycles. The molecule has 0 atom stereocenters. The number of nitrogens with zero attached hydrogens (tertiary/aromatic N) is 5. The van der Waals surface area contributed by atoms with E-state index < -0.39 is 10.0 Å². The van der Waals surface area contributed by atoms with Crippen LogP contribution in [0.15, 0.2) is 47.5 Å². The fourth-order valence-corrected chi connectivity index (χ4v) is 5.59. The molecule has 1 aliphatic heterocycles. The molecular weight excluding hydrogens is 471 g/mol. The van der Waals surface area contributed by atoms with Crippen molar-refractivity contribution in [3.63, 3.8) is 0 Å². The van der Waals surface area contributed by atoms with Gasteiger partial charge in [0.1, 0.15) is 10.7 Å². The van der Waals surface area contributed by atoms with Crippen LogP contribution in [-0.2, 0) is 10.0 Å². The maximum atomic E-state index is 13.1. The number of piperazine rings is 1. The number of hydrogen-bond acceptors (Lipinski definition) is 7. The van der Waals surface area contributed by atoms with E-state index in [1.54, 1.807) is 13.1 Å². The fraction of sp³-hybridized carbons (Fsp3) is 0.286. The van der Waals surface area contributed by atoms with Crippen molar-refractivity contribution in [1.82, 2.24) is 19.5 Å². The van der Waals surface area contributed by atoms with Crippen LogP contribution in [0.4, 0.5) is 17.5 Å². The summed E-state index contributed by atoms with van der Waals surface area (Å²) in [6.07, 6.45) is 1.77. The predicted octanol–water partition coefficient (Wildman–Crippen LogP) is 4.05. The van der Waals surface area contributed by atoms with Crippen LogP contribution in [0.5, 0.6) is 0 Å². The Morgan fingerprint density at radius 3 is 2.25 bits per heavy atom. The molecule has 0 saturated carbocycles. The minimum Gasteiger partial charge on any atom is -0.352 e. The Morgan fingerprint density at radius 2 is 1.62 bits per heavy atom. The first-order valence-corrected chi connectivity index (χ1v) is 12.2. The molecule has 11 heteroatoms. The van der Waals surface area contributed by atoms with Crippen LogP contribution in [-0.4, -0.2) is 54.1 Å². The summed E-state index contributed by atoms with van der Waals surface area (Å²) in [5.41, 5.74) is 1.74. The number of aryl methyl sites for hydroxylation is 2. The molecule has 0 radical (unpaired) electrons. The largest absolute Gasteiger partial charge is 0.352 e. The first-order valence-electron chi connectivity index (χ1n) is 9.98. The molecule has 32 heavy (non-hydrogen) atoms. The van der Waals surface area contributed by atoms with Crippen molar-refractivity contribution in [3.8, 4) is 0 Å². The molecule has 1 aromatic carbocycles. The summed E-state index contributed by atoms with van der Waals surface area (Å²) < 4.78 is 27.6. The highest BCUT2D eigenvalue weighted by molar-refractivity contribution is 7.89. The van der Waals surface area contributed by atoms with Gasteiger partial charge in [-0.05, 0) is 55.3 Å². The second-order valence-corrected chi connectivity index (χ2v) is 10.3. The molecule has 168 valence electrons. The number of pyridine rings is 1. The molecule has 4 rings (SSSR count). The van der Waals surface area contributed by atoms with Crippen molar-refractivity contribution in [1.29, 1.82) is 0 Å². The second kappa shape index (κ2) is 9.19. The number of aromatic nitrogens is 3. The Morgan fingerprint density at radius 1 is 0.906 bits per heavy atom. The van der Waals surface area contributed by atoms with E-state index in [1.807, 2.05) is 36.1 Å². The molecule has 1 aliphatic rings. The molecular formula is C21H22Cl2N6O2S. The summed E-state index contributed by atoms with van der Waals surface area (Å²) in [4.78, 5) is 6.37. The zero-order valence-electron chi connectivity index (χ0n) is 17.6. The van der Waals surface area contributed by atoms with Crippen molar-refractivity contribution in [2.75, 3.05) is 36.4 Å². The number of benzene rings is 1. The molecule has 0 bridgehead atoms. The van der Waals surface area contributed by atoms with Crippen molar-refractivity contribution < 1.29 is 8.42 Å². The topological polar surface area (TPSA) is 91.3 Å². The Hall–Kier alpha value is -2.46. The standard InChI is InChI=1S/C21H22Cl2N6O2S/c1-14-3-4-19(24-13-14)25-20-5-6-21(27-26-20)28-7-9-29(10-8-28)32(30,31)18-11-15(2)16(22)12-17(18)23/h3-6,11-13H,7-10H2,1-2H3,(H,24,25,26). The van der Waals surface area contributed by atoms with E-state index in [9.17, 15) is 8.42 Å². The first-order chi connectivity index (χ1) is 15.2. The first kappa shape index (κ1) is 22.7. The second-order valence-electron chi connectivity index (χ2n) is 7.55. The van der Waals surface area contributed by atoms with Gasteiger partial charge in [0.15, 0.2) is 11.6 Å². The Bertz CT molecular complexity index is 1210. The smallest absolute Gasteiger partial charge is 0.244 e. The SMILES string of the molecule is Cc1ccc(Nc2ccc(N3CCN(S(=O)(=O)c4cc(C)c(Cl)cc4Cl)CC3)nn2)nc1. The Balaban J connectivity index is 1.41. The molecule has 1 fully saturated rings. The summed E-state index contributed by atoms with van der Waals surface area (Å²) in [5.74, 6) is 1.96. The lowest BCUT2D eigenvalue weighted by Crippen LogP contribution is -2.49. The maximum absolute atomic E-state index is 13.1. The molecule has 1 N–H and O–H groups in total. The van der Waals surface area contributed by atoms with Crippen LogP contribution in [0, 0.1) is 13.8 Å². The lowest BCUT2D eigenvalue weighted by molar-refractivity contribution is 0.383. The molecule has 3 aromatic rings. The van der Waals surface area contributed by atoms with Gasteiger partial charge >= 0.3 is 0 Å². The van der Waals surface area contributed by atoms with E-state index in [-0.39, 0.29) is 9.92 Å². The molecule has 2 aromatic heterocycles. The third-order valence-electron chi connectivity index (χ3n) is 5.21. The van der Waals surface area contributed by atoms with E-state index in [1.165, 1.54) is 16.4 Å². The average molecular weight is 493 g/mol. The van der Waals surface area contributed by atoms with Crippen LogP contribution in [0.25, 0.3) is 0 Å². The van der Waals surface area contributed by atoms with Crippen LogP contribution < -0.4 is 10.2 Å². The Labute approximate surface area is 197 Å². The number of halogens is 2. The average Bonchev–Trinajstić information content (AvgIpc) is 2.78. The highest BCUT2D eigenvalue weighted by atomic mass is 35.5.